The maximum atomic E-state index is 13.4. The highest BCUT2D eigenvalue weighted by atomic mass is 16.6. The van der Waals surface area contributed by atoms with Crippen molar-refractivity contribution < 1.29 is 23.7 Å². The van der Waals surface area contributed by atoms with Crippen molar-refractivity contribution in [3.8, 4) is 28.6 Å². The molecule has 10 nitrogen and oxygen atoms in total. The molecule has 0 N–H and O–H groups in total. The molecule has 0 aliphatic heterocycles. The summed E-state index contributed by atoms with van der Waals surface area (Å²) in [7, 11) is 1.51. The molecule has 0 saturated heterocycles. The summed E-state index contributed by atoms with van der Waals surface area (Å²) in [6.07, 6.45) is 0. The van der Waals surface area contributed by atoms with E-state index in [0.717, 1.165) is 23.8 Å². The second-order valence-corrected chi connectivity index (χ2v) is 7.09. The van der Waals surface area contributed by atoms with Crippen LogP contribution in [0.25, 0.3) is 22.3 Å². The summed E-state index contributed by atoms with van der Waals surface area (Å²) in [4.78, 5) is 34.4. The third-order valence-electron chi connectivity index (χ3n) is 4.92. The Labute approximate surface area is 185 Å². The zero-order chi connectivity index (χ0) is 23.7. The fraction of sp³-hybridized carbons (Fsp3) is 0.0870. The molecule has 166 valence electrons. The molecule has 0 atom stereocenters. The normalized spacial score (nSPS) is 10.7. The summed E-state index contributed by atoms with van der Waals surface area (Å²) < 4.78 is 16.9. The molecule has 0 spiro atoms. The lowest BCUT2D eigenvalue weighted by Crippen LogP contribution is -2.08. The third-order valence-corrected chi connectivity index (χ3v) is 4.92. The van der Waals surface area contributed by atoms with Gasteiger partial charge >= 0.3 is 5.69 Å². The van der Waals surface area contributed by atoms with Gasteiger partial charge in [0.1, 0.15) is 11.3 Å². The van der Waals surface area contributed by atoms with Crippen molar-refractivity contribution >= 4 is 22.3 Å². The predicted molar refractivity (Wildman–Crippen MR) is 119 cm³/mol. The number of nitro groups is 2. The van der Waals surface area contributed by atoms with Gasteiger partial charge in [-0.15, -0.1) is 0 Å². The van der Waals surface area contributed by atoms with Gasteiger partial charge in [-0.2, -0.15) is 0 Å². The molecular formula is C23H16N2O8. The number of hydrogen-bond donors (Lipinski definition) is 0. The van der Waals surface area contributed by atoms with E-state index in [9.17, 15) is 25.0 Å². The van der Waals surface area contributed by atoms with E-state index in [-0.39, 0.29) is 22.6 Å². The summed E-state index contributed by atoms with van der Waals surface area (Å²) in [5, 5.41) is 22.8. The van der Waals surface area contributed by atoms with Crippen molar-refractivity contribution in [2.45, 2.75) is 6.92 Å². The average molecular weight is 448 g/mol. The number of fused-ring (bicyclic) bond motifs is 1. The lowest BCUT2D eigenvalue weighted by molar-refractivity contribution is -0.394. The second-order valence-electron chi connectivity index (χ2n) is 7.09. The smallest absolute Gasteiger partial charge is 0.318 e. The van der Waals surface area contributed by atoms with E-state index in [4.69, 9.17) is 13.9 Å². The molecule has 0 bridgehead atoms. The molecule has 0 radical (unpaired) electrons. The van der Waals surface area contributed by atoms with Gasteiger partial charge in [0.05, 0.1) is 28.4 Å². The number of ether oxygens (including phenoxy) is 2. The number of methoxy groups -OCH3 is 1. The summed E-state index contributed by atoms with van der Waals surface area (Å²) in [6.45, 7) is 1.80. The van der Waals surface area contributed by atoms with Crippen molar-refractivity contribution in [2.24, 2.45) is 0 Å². The van der Waals surface area contributed by atoms with Crippen LogP contribution in [0, 0.1) is 27.2 Å². The van der Waals surface area contributed by atoms with E-state index in [2.05, 4.69) is 0 Å². The number of nitro benzene ring substituents is 2. The van der Waals surface area contributed by atoms with Crippen molar-refractivity contribution in [3.63, 3.8) is 0 Å². The fourth-order valence-electron chi connectivity index (χ4n) is 3.28. The number of benzene rings is 3. The quantitative estimate of drug-likeness (QED) is 0.283. The lowest BCUT2D eigenvalue weighted by atomic mass is 10.1. The molecule has 33 heavy (non-hydrogen) atoms. The Kier molecular flexibility index (Phi) is 5.49. The lowest BCUT2D eigenvalue weighted by Gasteiger charge is -2.12. The maximum Gasteiger partial charge on any atom is 0.318 e. The molecule has 0 unspecified atom stereocenters. The molecule has 0 fully saturated rings. The second kappa shape index (κ2) is 8.42. The first kappa shape index (κ1) is 21.5. The summed E-state index contributed by atoms with van der Waals surface area (Å²) in [6, 6.07) is 14.6. The van der Waals surface area contributed by atoms with E-state index in [0.29, 0.717) is 16.9 Å². The first-order valence-electron chi connectivity index (χ1n) is 9.61. The molecular weight excluding hydrogens is 432 g/mol. The first-order valence-corrected chi connectivity index (χ1v) is 9.61. The van der Waals surface area contributed by atoms with Crippen LogP contribution in [-0.4, -0.2) is 17.0 Å². The molecule has 0 aliphatic rings. The number of nitrogens with zero attached hydrogens (tertiary/aromatic N) is 2. The van der Waals surface area contributed by atoms with Crippen LogP contribution in [0.5, 0.6) is 17.2 Å². The van der Waals surface area contributed by atoms with Crippen LogP contribution in [0.1, 0.15) is 5.56 Å². The summed E-state index contributed by atoms with van der Waals surface area (Å²) in [5.41, 5.74) is -0.103. The van der Waals surface area contributed by atoms with Gasteiger partial charge in [-0.3, -0.25) is 25.0 Å². The number of aryl methyl sites for hydroxylation is 1. The van der Waals surface area contributed by atoms with Crippen LogP contribution in [0.4, 0.5) is 11.4 Å². The van der Waals surface area contributed by atoms with Gasteiger partial charge in [0.2, 0.25) is 16.9 Å². The van der Waals surface area contributed by atoms with Crippen LogP contribution >= 0.6 is 0 Å². The minimum atomic E-state index is -0.817. The highest BCUT2D eigenvalue weighted by Gasteiger charge is 2.25. The van der Waals surface area contributed by atoms with Crippen molar-refractivity contribution in [1.82, 2.24) is 0 Å². The molecule has 4 rings (SSSR count). The van der Waals surface area contributed by atoms with Gasteiger partial charge in [0.15, 0.2) is 5.76 Å². The van der Waals surface area contributed by atoms with Crippen LogP contribution < -0.4 is 14.9 Å². The SMILES string of the molecule is COc1ccc(-c2oc3ccc(C)cc3c(=O)c2Oc2ccc([N+](=O)[O-])cc2[N+](=O)[O-])cc1. The Bertz CT molecular complexity index is 1460. The Morgan fingerprint density at radius 2 is 1.64 bits per heavy atom. The Morgan fingerprint density at radius 1 is 0.909 bits per heavy atom. The molecule has 1 heterocycles. The fourth-order valence-corrected chi connectivity index (χ4v) is 3.28. The molecule has 1 aromatic heterocycles. The number of non-ortho nitro benzene ring substituents is 1. The highest BCUT2D eigenvalue weighted by molar-refractivity contribution is 5.83. The first-order chi connectivity index (χ1) is 15.8. The molecule has 0 saturated carbocycles. The summed E-state index contributed by atoms with van der Waals surface area (Å²) in [5.74, 6) is 0.00697. The van der Waals surface area contributed by atoms with E-state index in [1.165, 1.54) is 7.11 Å². The van der Waals surface area contributed by atoms with Crippen molar-refractivity contribution in [3.05, 3.63) is 96.7 Å². The van der Waals surface area contributed by atoms with Gasteiger partial charge in [0.25, 0.3) is 5.69 Å². The average Bonchev–Trinajstić information content (AvgIpc) is 2.81. The Morgan fingerprint density at radius 3 is 2.27 bits per heavy atom. The number of hydrogen-bond acceptors (Lipinski definition) is 8. The van der Waals surface area contributed by atoms with Crippen molar-refractivity contribution in [2.75, 3.05) is 7.11 Å². The highest BCUT2D eigenvalue weighted by Crippen LogP contribution is 2.38. The third kappa shape index (κ3) is 4.09. The molecule has 0 amide bonds. The van der Waals surface area contributed by atoms with E-state index >= 15 is 0 Å². The van der Waals surface area contributed by atoms with Crippen LogP contribution in [0.3, 0.4) is 0 Å². The Balaban J connectivity index is 1.96. The molecule has 3 aromatic carbocycles. The largest absolute Gasteiger partial charge is 0.497 e. The van der Waals surface area contributed by atoms with Crippen LogP contribution in [0.2, 0.25) is 0 Å². The van der Waals surface area contributed by atoms with Gasteiger partial charge in [-0.25, -0.2) is 0 Å². The zero-order valence-electron chi connectivity index (χ0n) is 17.4. The van der Waals surface area contributed by atoms with Gasteiger partial charge < -0.3 is 13.9 Å². The van der Waals surface area contributed by atoms with Crippen LogP contribution in [0.15, 0.2) is 69.9 Å². The topological polar surface area (TPSA) is 135 Å². The molecule has 0 aliphatic carbocycles. The van der Waals surface area contributed by atoms with E-state index in [1.807, 2.05) is 0 Å². The molecule has 10 heteroatoms. The standard InChI is InChI=1S/C23H16N2O8/c1-13-3-9-19-17(11-13)21(26)23(22(32-19)14-4-7-16(31-2)8-5-14)33-20-10-6-15(24(27)28)12-18(20)25(29)30/h3-12H,1-2H3. The predicted octanol–water partition coefficient (Wildman–Crippen LogP) is 5.39. The van der Waals surface area contributed by atoms with Gasteiger partial charge in [-0.05, 0) is 49.4 Å². The summed E-state index contributed by atoms with van der Waals surface area (Å²) >= 11 is 0. The van der Waals surface area contributed by atoms with Gasteiger partial charge in [-0.1, -0.05) is 11.6 Å². The van der Waals surface area contributed by atoms with E-state index in [1.54, 1.807) is 49.4 Å². The zero-order valence-corrected chi connectivity index (χ0v) is 17.4. The van der Waals surface area contributed by atoms with E-state index < -0.39 is 26.7 Å². The maximum absolute atomic E-state index is 13.4. The molecule has 4 aromatic rings. The minimum Gasteiger partial charge on any atom is -0.497 e. The number of rotatable bonds is 6. The minimum absolute atomic E-state index is 0.0478. The van der Waals surface area contributed by atoms with Crippen molar-refractivity contribution in [1.29, 1.82) is 0 Å². The van der Waals surface area contributed by atoms with Crippen LogP contribution in [-0.2, 0) is 0 Å². The van der Waals surface area contributed by atoms with Gasteiger partial charge in [0, 0.05) is 11.6 Å². The monoisotopic (exact) mass is 448 g/mol. The Hall–Kier alpha value is -4.73.